The number of hydrogen-bond acceptors (Lipinski definition) is 6. The van der Waals surface area contributed by atoms with Gasteiger partial charge in [-0.05, 0) is 51.3 Å². The number of rotatable bonds is 7. The number of benzene rings is 2. The van der Waals surface area contributed by atoms with Crippen LogP contribution in [0.4, 0.5) is 23.7 Å². The van der Waals surface area contributed by atoms with Crippen molar-refractivity contribution in [1.29, 1.82) is 0 Å². The van der Waals surface area contributed by atoms with Crippen molar-refractivity contribution in [2.75, 3.05) is 12.4 Å². The van der Waals surface area contributed by atoms with Gasteiger partial charge in [0.15, 0.2) is 27.3 Å². The van der Waals surface area contributed by atoms with Crippen molar-refractivity contribution in [1.82, 2.24) is 10.2 Å². The molecule has 0 bridgehead atoms. The highest BCUT2D eigenvalue weighted by molar-refractivity contribution is 7.92. The number of carbonyl (C=O) groups is 3. The van der Waals surface area contributed by atoms with E-state index in [0.29, 0.717) is 18.6 Å². The molecule has 1 fully saturated rings. The molecule has 2 aromatic rings. The highest BCUT2D eigenvalue weighted by atomic mass is 35.5. The largest absolute Gasteiger partial charge is 0.453 e. The number of alkyl carbamates (subject to hydrolysis) is 1. The molecule has 0 saturated carbocycles. The van der Waals surface area contributed by atoms with Crippen molar-refractivity contribution in [2.24, 2.45) is 0 Å². The zero-order valence-electron chi connectivity index (χ0n) is 22.1. The zero-order valence-corrected chi connectivity index (χ0v) is 23.7. The van der Waals surface area contributed by atoms with Crippen LogP contribution in [0.3, 0.4) is 0 Å². The van der Waals surface area contributed by atoms with Gasteiger partial charge in [0, 0.05) is 35.5 Å². The zero-order chi connectivity index (χ0) is 29.9. The maximum atomic E-state index is 13.7. The summed E-state index contributed by atoms with van der Waals surface area (Å²) in [4.78, 5) is 38.7. The first-order chi connectivity index (χ1) is 18.7. The summed E-state index contributed by atoms with van der Waals surface area (Å²) >= 11 is 6.25. The average molecular weight is 604 g/mol. The molecule has 14 heteroatoms. The van der Waals surface area contributed by atoms with Crippen LogP contribution in [-0.2, 0) is 19.4 Å². The van der Waals surface area contributed by atoms with Crippen LogP contribution in [0.2, 0.25) is 5.02 Å². The van der Waals surface area contributed by atoms with Crippen LogP contribution in [0, 0.1) is 17.5 Å². The monoisotopic (exact) mass is 603 g/mol. The third-order valence-electron chi connectivity index (χ3n) is 6.80. The van der Waals surface area contributed by atoms with E-state index in [0.717, 1.165) is 6.07 Å². The number of nitrogens with zero attached hydrogens (tertiary/aromatic N) is 1. The molecule has 2 N–H and O–H groups in total. The number of ether oxygens (including phenoxy) is 1. The summed E-state index contributed by atoms with van der Waals surface area (Å²) in [5.74, 6) is -5.99. The van der Waals surface area contributed by atoms with Gasteiger partial charge in [-0.25, -0.2) is 26.4 Å². The van der Waals surface area contributed by atoms with Gasteiger partial charge in [0.25, 0.3) is 5.91 Å². The van der Waals surface area contributed by atoms with E-state index in [-0.39, 0.29) is 39.9 Å². The van der Waals surface area contributed by atoms with Crippen LogP contribution in [0.15, 0.2) is 35.2 Å². The molecule has 0 aliphatic carbocycles. The maximum Gasteiger partial charge on any atom is 0.407 e. The topological polar surface area (TPSA) is 122 Å². The molecule has 3 rings (SSSR count). The van der Waals surface area contributed by atoms with E-state index in [9.17, 15) is 36.0 Å². The Bertz CT molecular complexity index is 1400. The minimum Gasteiger partial charge on any atom is -0.453 e. The average Bonchev–Trinajstić information content (AvgIpc) is 2.90. The fraction of sp³-hybridized carbons (Fsp3) is 0.423. The van der Waals surface area contributed by atoms with Gasteiger partial charge < -0.3 is 20.3 Å². The molecule has 218 valence electrons. The standard InChI is InChI=1S/C26H29ClF3N3O6S/c1-5-17-12-18(8-13(2)33(17)25(35)14(3)31-26(36)39-4)40(37,38)22-9-15(6-7-19(22)27)24(34)32-16-10-20(28)23(30)21(29)11-16/h6-7,9-11,13-14,17-18H,5,8,12H2,1-4H3,(H,31,36)(H,32,34)/t13-,14-,17?,18-/m0/s1. The first kappa shape index (κ1) is 31.2. The molecule has 0 spiro atoms. The van der Waals surface area contributed by atoms with Gasteiger partial charge in [-0.15, -0.1) is 0 Å². The summed E-state index contributed by atoms with van der Waals surface area (Å²) in [5.41, 5.74) is -0.531. The van der Waals surface area contributed by atoms with Crippen LogP contribution in [0.25, 0.3) is 0 Å². The Morgan fingerprint density at radius 2 is 1.75 bits per heavy atom. The molecule has 3 amide bonds. The SMILES string of the molecule is CCC1C[C@@H](S(=O)(=O)c2cc(C(=O)Nc3cc(F)c(F)c(F)c3)ccc2Cl)C[C@H](C)N1C(=O)[C@H](C)NC(=O)OC. The maximum absolute atomic E-state index is 13.7. The van der Waals surface area contributed by atoms with Gasteiger partial charge in [-0.3, -0.25) is 9.59 Å². The molecule has 2 aromatic carbocycles. The third kappa shape index (κ3) is 6.52. The lowest BCUT2D eigenvalue weighted by Gasteiger charge is -2.44. The molecule has 1 unspecified atom stereocenters. The summed E-state index contributed by atoms with van der Waals surface area (Å²) in [6, 6.07) is 2.82. The summed E-state index contributed by atoms with van der Waals surface area (Å²) in [5, 5.41) is 3.55. The predicted molar refractivity (Wildman–Crippen MR) is 141 cm³/mol. The number of nitrogens with one attached hydrogen (secondary N) is 2. The number of sulfone groups is 1. The van der Waals surface area contributed by atoms with E-state index in [1.54, 1.807) is 11.8 Å². The van der Waals surface area contributed by atoms with Crippen LogP contribution in [-0.4, -0.2) is 61.7 Å². The van der Waals surface area contributed by atoms with Crippen LogP contribution in [0.1, 0.15) is 50.4 Å². The molecule has 0 aromatic heterocycles. The Hall–Kier alpha value is -3.32. The van der Waals surface area contributed by atoms with Crippen molar-refractivity contribution in [3.05, 3.63) is 58.4 Å². The van der Waals surface area contributed by atoms with Crippen molar-refractivity contribution in [3.63, 3.8) is 0 Å². The summed E-state index contributed by atoms with van der Waals surface area (Å²) < 4.78 is 72.4. The summed E-state index contributed by atoms with van der Waals surface area (Å²) in [6.07, 6.45) is -0.183. The quantitative estimate of drug-likeness (QED) is 0.443. The second-order valence-electron chi connectivity index (χ2n) is 9.51. The lowest BCUT2D eigenvalue weighted by molar-refractivity contribution is -0.139. The number of likely N-dealkylation sites (tertiary alicyclic amines) is 1. The molecule has 40 heavy (non-hydrogen) atoms. The number of anilines is 1. The Kier molecular flexibility index (Phi) is 9.72. The van der Waals surface area contributed by atoms with Crippen LogP contribution in [0.5, 0.6) is 0 Å². The number of piperidine rings is 1. The molecule has 9 nitrogen and oxygen atoms in total. The second kappa shape index (κ2) is 12.5. The van der Waals surface area contributed by atoms with Gasteiger partial charge in [-0.2, -0.15) is 0 Å². The third-order valence-corrected chi connectivity index (χ3v) is 9.46. The van der Waals surface area contributed by atoms with E-state index in [1.807, 2.05) is 6.92 Å². The Labute approximate surface area is 234 Å². The lowest BCUT2D eigenvalue weighted by Crippen LogP contribution is -2.58. The van der Waals surface area contributed by atoms with E-state index in [1.165, 1.54) is 26.2 Å². The van der Waals surface area contributed by atoms with Crippen molar-refractivity contribution in [3.8, 4) is 0 Å². The fourth-order valence-corrected chi connectivity index (χ4v) is 7.21. The number of hydrogen-bond donors (Lipinski definition) is 2. The van der Waals surface area contributed by atoms with Crippen LogP contribution >= 0.6 is 11.6 Å². The number of carbonyl (C=O) groups excluding carboxylic acids is 3. The minimum atomic E-state index is -4.12. The molecule has 1 aliphatic heterocycles. The number of amides is 3. The molecule has 1 heterocycles. The molecule has 1 saturated heterocycles. The number of methoxy groups -OCH3 is 1. The molecular weight excluding hydrogens is 575 g/mol. The van der Waals surface area contributed by atoms with Gasteiger partial charge in [-0.1, -0.05) is 18.5 Å². The van der Waals surface area contributed by atoms with Crippen molar-refractivity contribution in [2.45, 2.75) is 68.3 Å². The van der Waals surface area contributed by atoms with E-state index >= 15 is 0 Å². The molecular formula is C26H29ClF3N3O6S. The Balaban J connectivity index is 1.85. The van der Waals surface area contributed by atoms with Crippen molar-refractivity contribution >= 4 is 45.0 Å². The summed E-state index contributed by atoms with van der Waals surface area (Å²) in [7, 11) is -2.94. The van der Waals surface area contributed by atoms with Gasteiger partial charge in [0.2, 0.25) is 5.91 Å². The fourth-order valence-electron chi connectivity index (χ4n) is 4.78. The molecule has 1 aliphatic rings. The molecule has 0 radical (unpaired) electrons. The van der Waals surface area contributed by atoms with E-state index < -0.39 is 62.7 Å². The first-order valence-electron chi connectivity index (χ1n) is 12.4. The van der Waals surface area contributed by atoms with Crippen molar-refractivity contribution < 1.29 is 40.7 Å². The number of halogens is 4. The highest BCUT2D eigenvalue weighted by Gasteiger charge is 2.43. The highest BCUT2D eigenvalue weighted by Crippen LogP contribution is 2.36. The summed E-state index contributed by atoms with van der Waals surface area (Å²) in [6.45, 7) is 5.02. The van der Waals surface area contributed by atoms with Gasteiger partial charge in [0.1, 0.15) is 6.04 Å². The van der Waals surface area contributed by atoms with Gasteiger partial charge >= 0.3 is 6.09 Å². The normalized spacial score (nSPS) is 20.0. The first-order valence-corrected chi connectivity index (χ1v) is 14.3. The van der Waals surface area contributed by atoms with Crippen LogP contribution < -0.4 is 10.6 Å². The predicted octanol–water partition coefficient (Wildman–Crippen LogP) is 4.69. The van der Waals surface area contributed by atoms with E-state index in [4.69, 9.17) is 11.6 Å². The Morgan fingerprint density at radius 3 is 2.33 bits per heavy atom. The van der Waals surface area contributed by atoms with Gasteiger partial charge in [0.05, 0.1) is 22.3 Å². The van der Waals surface area contributed by atoms with E-state index in [2.05, 4.69) is 15.4 Å². The second-order valence-corrected chi connectivity index (χ2v) is 12.1. The Morgan fingerprint density at radius 1 is 1.12 bits per heavy atom. The molecule has 4 atom stereocenters. The smallest absolute Gasteiger partial charge is 0.407 e. The minimum absolute atomic E-state index is 0.0659. The lowest BCUT2D eigenvalue weighted by atomic mass is 9.93.